The summed E-state index contributed by atoms with van der Waals surface area (Å²) in [5, 5.41) is 0. The lowest BCUT2D eigenvalue weighted by molar-refractivity contribution is 0.300. The molecule has 0 N–H and O–H groups in total. The van der Waals surface area contributed by atoms with Crippen molar-refractivity contribution in [1.82, 2.24) is 0 Å². The molecule has 0 saturated heterocycles. The van der Waals surface area contributed by atoms with E-state index in [-0.39, 0.29) is 0 Å². The van der Waals surface area contributed by atoms with Gasteiger partial charge in [0.15, 0.2) is 20.0 Å². The molecule has 0 spiro atoms. The zero-order chi connectivity index (χ0) is 19.6. The Bertz CT molecular complexity index is 853. The summed E-state index contributed by atoms with van der Waals surface area (Å²) in [5.41, 5.74) is 0. The van der Waals surface area contributed by atoms with Crippen LogP contribution in [-0.2, 0) is 28.4 Å². The fraction of sp³-hybridized carbons (Fsp3) is 0.368. The number of rotatable bonds is 10. The van der Waals surface area contributed by atoms with Gasteiger partial charge in [0, 0.05) is 14.1 Å². The van der Waals surface area contributed by atoms with Gasteiger partial charge in [-0.05, 0) is 43.5 Å². The van der Waals surface area contributed by atoms with Gasteiger partial charge in [-0.2, -0.15) is 0 Å². The number of benzene rings is 2. The van der Waals surface area contributed by atoms with E-state index in [1.54, 1.807) is 24.3 Å². The number of hydrogen-bond donors (Lipinski definition) is 0. The number of nitrogens with zero attached hydrogens (tertiary/aromatic N) is 2. The second-order valence-corrected chi connectivity index (χ2v) is 9.69. The standard InChI is InChI=1S/C19H26N2O4S2/c1-20-26(22,18-12-6-3-7-13-18)24-16-10-5-11-17-25-27(23,21-2)19-14-8-4-9-15-19/h3-4,6-9,12-15H,5,10-11,16-17H2,1-2H3. The highest BCUT2D eigenvalue weighted by Crippen LogP contribution is 2.17. The molecular weight excluding hydrogens is 384 g/mol. The molecule has 0 heterocycles. The Hall–Kier alpha value is -1.74. The molecule has 148 valence electrons. The van der Waals surface area contributed by atoms with Gasteiger partial charge in [-0.25, -0.2) is 17.1 Å². The van der Waals surface area contributed by atoms with Gasteiger partial charge >= 0.3 is 0 Å². The van der Waals surface area contributed by atoms with Crippen molar-refractivity contribution >= 4 is 20.0 Å². The summed E-state index contributed by atoms with van der Waals surface area (Å²) >= 11 is 0. The lowest BCUT2D eigenvalue weighted by atomic mass is 10.2. The highest BCUT2D eigenvalue weighted by Gasteiger charge is 2.13. The van der Waals surface area contributed by atoms with E-state index in [9.17, 15) is 8.42 Å². The van der Waals surface area contributed by atoms with Gasteiger partial charge in [0.1, 0.15) is 0 Å². The first-order valence-corrected chi connectivity index (χ1v) is 11.6. The molecule has 2 rings (SSSR count). The molecule has 0 aliphatic rings. The van der Waals surface area contributed by atoms with Crippen LogP contribution in [0.4, 0.5) is 0 Å². The van der Waals surface area contributed by atoms with Crippen molar-refractivity contribution < 1.29 is 16.8 Å². The van der Waals surface area contributed by atoms with Gasteiger partial charge in [-0.3, -0.25) is 8.37 Å². The molecule has 0 bridgehead atoms. The minimum atomic E-state index is -2.83. The molecule has 0 amide bonds. The Kier molecular flexibility index (Phi) is 8.43. The van der Waals surface area contributed by atoms with E-state index in [1.807, 2.05) is 36.4 Å². The second kappa shape index (κ2) is 10.6. The topological polar surface area (TPSA) is 77.3 Å². The molecule has 2 aromatic rings. The van der Waals surface area contributed by atoms with Crippen LogP contribution in [0.2, 0.25) is 0 Å². The Morgan fingerprint density at radius 1 is 0.667 bits per heavy atom. The zero-order valence-electron chi connectivity index (χ0n) is 15.7. The van der Waals surface area contributed by atoms with E-state index < -0.39 is 20.0 Å². The van der Waals surface area contributed by atoms with Crippen molar-refractivity contribution in [3.05, 3.63) is 60.7 Å². The summed E-state index contributed by atoms with van der Waals surface area (Å²) in [7, 11) is -2.66. The number of hydrogen-bond acceptors (Lipinski definition) is 6. The molecule has 0 aromatic heterocycles. The Morgan fingerprint density at radius 3 is 1.37 bits per heavy atom. The van der Waals surface area contributed by atoms with Crippen LogP contribution in [0.5, 0.6) is 0 Å². The van der Waals surface area contributed by atoms with Crippen LogP contribution in [0.1, 0.15) is 19.3 Å². The first kappa shape index (κ1) is 21.6. The summed E-state index contributed by atoms with van der Waals surface area (Å²) < 4.78 is 44.4. The van der Waals surface area contributed by atoms with Gasteiger partial charge in [0.05, 0.1) is 23.0 Å². The monoisotopic (exact) mass is 410 g/mol. The molecule has 0 aliphatic heterocycles. The molecule has 2 aromatic carbocycles. The first-order chi connectivity index (χ1) is 13.0. The fourth-order valence-electron chi connectivity index (χ4n) is 2.36. The van der Waals surface area contributed by atoms with Gasteiger partial charge in [0.2, 0.25) is 0 Å². The van der Waals surface area contributed by atoms with E-state index in [4.69, 9.17) is 8.37 Å². The lowest BCUT2D eigenvalue weighted by Gasteiger charge is -2.11. The van der Waals surface area contributed by atoms with Gasteiger partial charge < -0.3 is 0 Å². The van der Waals surface area contributed by atoms with Gasteiger partial charge in [0.25, 0.3) is 0 Å². The average molecular weight is 411 g/mol. The quantitative estimate of drug-likeness (QED) is 0.546. The van der Waals surface area contributed by atoms with Crippen molar-refractivity contribution in [3.63, 3.8) is 0 Å². The third kappa shape index (κ3) is 6.14. The smallest absolute Gasteiger partial charge is 0.193 e. The van der Waals surface area contributed by atoms with Crippen LogP contribution in [0.3, 0.4) is 0 Å². The van der Waals surface area contributed by atoms with E-state index in [1.165, 1.54) is 14.1 Å². The summed E-state index contributed by atoms with van der Waals surface area (Å²) in [4.78, 5) is 1.14. The molecule has 27 heavy (non-hydrogen) atoms. The minimum absolute atomic E-state index is 0.331. The second-order valence-electron chi connectivity index (χ2n) is 5.65. The number of unbranched alkanes of at least 4 members (excludes halogenated alkanes) is 2. The van der Waals surface area contributed by atoms with E-state index in [0.717, 1.165) is 6.42 Å². The Labute approximate surface area is 162 Å². The predicted molar refractivity (Wildman–Crippen MR) is 108 cm³/mol. The normalized spacial score (nSPS) is 15.5. The first-order valence-electron chi connectivity index (χ1n) is 8.73. The molecule has 0 radical (unpaired) electrons. The van der Waals surface area contributed by atoms with Crippen LogP contribution in [0.15, 0.2) is 79.2 Å². The van der Waals surface area contributed by atoms with Crippen LogP contribution in [0.25, 0.3) is 0 Å². The molecule has 0 aliphatic carbocycles. The molecule has 2 atom stereocenters. The lowest BCUT2D eigenvalue weighted by Crippen LogP contribution is -2.09. The highest BCUT2D eigenvalue weighted by atomic mass is 32.2. The third-order valence-corrected chi connectivity index (χ3v) is 7.51. The van der Waals surface area contributed by atoms with Crippen molar-refractivity contribution in [2.75, 3.05) is 27.3 Å². The summed E-state index contributed by atoms with van der Waals surface area (Å²) in [6.45, 7) is 0.661. The summed E-state index contributed by atoms with van der Waals surface area (Å²) in [6, 6.07) is 17.9. The van der Waals surface area contributed by atoms with Crippen molar-refractivity contribution in [2.45, 2.75) is 29.1 Å². The highest BCUT2D eigenvalue weighted by molar-refractivity contribution is 7.89. The predicted octanol–water partition coefficient (Wildman–Crippen LogP) is 4.33. The van der Waals surface area contributed by atoms with Gasteiger partial charge in [-0.1, -0.05) is 36.4 Å². The van der Waals surface area contributed by atoms with Crippen LogP contribution >= 0.6 is 0 Å². The van der Waals surface area contributed by atoms with E-state index in [2.05, 4.69) is 8.73 Å². The SMILES string of the molecule is CN=S(=O)(OCCCCCOS(=O)(=NC)c1ccccc1)c1ccccc1. The zero-order valence-corrected chi connectivity index (χ0v) is 17.3. The maximum Gasteiger partial charge on any atom is 0.193 e. The largest absolute Gasteiger partial charge is 0.281 e. The third-order valence-electron chi connectivity index (χ3n) is 3.84. The molecule has 0 saturated carbocycles. The van der Waals surface area contributed by atoms with E-state index >= 15 is 0 Å². The van der Waals surface area contributed by atoms with Crippen LogP contribution in [-0.4, -0.2) is 35.7 Å². The average Bonchev–Trinajstić information content (AvgIpc) is 2.74. The fourth-order valence-corrected chi connectivity index (χ4v) is 4.96. The van der Waals surface area contributed by atoms with Gasteiger partial charge in [-0.15, -0.1) is 0 Å². The molecule has 2 unspecified atom stereocenters. The van der Waals surface area contributed by atoms with Crippen LogP contribution in [0, 0.1) is 0 Å². The Morgan fingerprint density at radius 2 is 1.04 bits per heavy atom. The minimum Gasteiger partial charge on any atom is -0.281 e. The molecular formula is C19H26N2O4S2. The Balaban J connectivity index is 1.75. The van der Waals surface area contributed by atoms with Crippen molar-refractivity contribution in [1.29, 1.82) is 0 Å². The molecule has 8 heteroatoms. The summed E-state index contributed by atoms with van der Waals surface area (Å²) in [6.07, 6.45) is 2.21. The molecule has 0 fully saturated rings. The van der Waals surface area contributed by atoms with Crippen molar-refractivity contribution in [2.24, 2.45) is 8.73 Å². The summed E-state index contributed by atoms with van der Waals surface area (Å²) in [5.74, 6) is 0. The van der Waals surface area contributed by atoms with E-state index in [0.29, 0.717) is 35.8 Å². The molecule has 6 nitrogen and oxygen atoms in total. The maximum atomic E-state index is 12.7. The maximum absolute atomic E-state index is 12.7. The van der Waals surface area contributed by atoms with Crippen LogP contribution < -0.4 is 0 Å². The van der Waals surface area contributed by atoms with Crippen molar-refractivity contribution in [3.8, 4) is 0 Å².